The summed E-state index contributed by atoms with van der Waals surface area (Å²) in [6.07, 6.45) is 3.40. The zero-order valence-corrected chi connectivity index (χ0v) is 10.7. The van der Waals surface area contributed by atoms with E-state index in [0.29, 0.717) is 18.4 Å². The lowest BCUT2D eigenvalue weighted by Crippen LogP contribution is -2.46. The van der Waals surface area contributed by atoms with Crippen molar-refractivity contribution in [2.45, 2.75) is 35.6 Å². The maximum Gasteiger partial charge on any atom is 0.410 e. The second-order valence-electron chi connectivity index (χ2n) is 4.63. The van der Waals surface area contributed by atoms with Gasteiger partial charge in [0.15, 0.2) is 6.23 Å². The molecular formula is C11H13N3O3S. The number of nitrogens with zero attached hydrogens (tertiary/aromatic N) is 3. The molecule has 2 saturated heterocycles. The molecule has 4 rings (SSSR count). The molecule has 4 atom stereocenters. The van der Waals surface area contributed by atoms with Gasteiger partial charge in [-0.2, -0.15) is 0 Å². The molecule has 1 aromatic rings. The minimum atomic E-state index is -0.229. The van der Waals surface area contributed by atoms with E-state index in [0.717, 1.165) is 5.03 Å². The summed E-state index contributed by atoms with van der Waals surface area (Å²) in [6, 6.07) is 0.0701. The normalized spacial score (nSPS) is 35.7. The van der Waals surface area contributed by atoms with Gasteiger partial charge in [0.1, 0.15) is 0 Å². The molecule has 0 aliphatic carbocycles. The third-order valence-corrected chi connectivity index (χ3v) is 5.12. The molecule has 7 heteroatoms. The van der Waals surface area contributed by atoms with Crippen LogP contribution in [0.15, 0.2) is 17.6 Å². The molecule has 3 aliphatic rings. The zero-order chi connectivity index (χ0) is 12.3. The molecule has 0 aromatic carbocycles. The van der Waals surface area contributed by atoms with E-state index in [1.165, 1.54) is 0 Å². The summed E-state index contributed by atoms with van der Waals surface area (Å²) in [6.45, 7) is 2.87. The first-order valence-corrected chi connectivity index (χ1v) is 6.95. The Morgan fingerprint density at radius 3 is 3.44 bits per heavy atom. The summed E-state index contributed by atoms with van der Waals surface area (Å²) in [5.74, 6) is 0. The molecule has 0 saturated carbocycles. The van der Waals surface area contributed by atoms with E-state index in [1.807, 2.05) is 22.6 Å². The summed E-state index contributed by atoms with van der Waals surface area (Å²) < 4.78 is 13.1. The Labute approximate surface area is 108 Å². The highest BCUT2D eigenvalue weighted by Gasteiger charge is 2.59. The molecule has 4 heterocycles. The van der Waals surface area contributed by atoms with Crippen molar-refractivity contribution < 1.29 is 14.3 Å². The van der Waals surface area contributed by atoms with Crippen molar-refractivity contribution in [2.24, 2.45) is 0 Å². The second-order valence-corrected chi connectivity index (χ2v) is 5.83. The highest BCUT2D eigenvalue weighted by molar-refractivity contribution is 8.00. The average molecular weight is 267 g/mol. The number of imidazole rings is 1. The lowest BCUT2D eigenvalue weighted by Gasteiger charge is -2.35. The van der Waals surface area contributed by atoms with Crippen LogP contribution in [0.1, 0.15) is 13.2 Å². The molecule has 4 bridgehead atoms. The van der Waals surface area contributed by atoms with Gasteiger partial charge in [-0.1, -0.05) is 11.8 Å². The summed E-state index contributed by atoms with van der Waals surface area (Å²) in [4.78, 5) is 17.9. The fourth-order valence-electron chi connectivity index (χ4n) is 3.01. The monoisotopic (exact) mass is 267 g/mol. The number of fused-ring (bicyclic) bond motifs is 2. The van der Waals surface area contributed by atoms with E-state index in [-0.39, 0.29) is 24.5 Å². The van der Waals surface area contributed by atoms with Gasteiger partial charge in [-0.3, -0.25) is 9.47 Å². The Balaban J connectivity index is 1.67. The molecule has 3 aliphatic heterocycles. The first-order chi connectivity index (χ1) is 8.79. The Morgan fingerprint density at radius 1 is 1.72 bits per heavy atom. The lowest BCUT2D eigenvalue weighted by molar-refractivity contribution is -0.0718. The number of thioether (sulfide) groups is 1. The van der Waals surface area contributed by atoms with Crippen molar-refractivity contribution in [1.82, 2.24) is 14.5 Å². The van der Waals surface area contributed by atoms with Crippen molar-refractivity contribution in [1.29, 1.82) is 0 Å². The number of amides is 1. The second kappa shape index (κ2) is 3.64. The molecule has 1 aromatic heterocycles. The number of hydrogen-bond acceptors (Lipinski definition) is 5. The van der Waals surface area contributed by atoms with Gasteiger partial charge < -0.3 is 9.47 Å². The van der Waals surface area contributed by atoms with Crippen LogP contribution in [0.4, 0.5) is 4.79 Å². The van der Waals surface area contributed by atoms with E-state index < -0.39 is 0 Å². The highest BCUT2D eigenvalue weighted by Crippen LogP contribution is 2.52. The topological polar surface area (TPSA) is 56.6 Å². The van der Waals surface area contributed by atoms with Crippen molar-refractivity contribution >= 4 is 17.9 Å². The fourth-order valence-corrected chi connectivity index (χ4v) is 4.40. The van der Waals surface area contributed by atoms with Gasteiger partial charge in [0.05, 0.1) is 48.1 Å². The summed E-state index contributed by atoms with van der Waals surface area (Å²) in [5, 5.41) is 1.43. The van der Waals surface area contributed by atoms with E-state index in [2.05, 4.69) is 4.98 Å². The minimum absolute atomic E-state index is 0.0701. The smallest absolute Gasteiger partial charge is 0.410 e. The zero-order valence-electron chi connectivity index (χ0n) is 9.85. The van der Waals surface area contributed by atoms with Crippen LogP contribution in [0.2, 0.25) is 0 Å². The van der Waals surface area contributed by atoms with E-state index >= 15 is 0 Å². The summed E-state index contributed by atoms with van der Waals surface area (Å²) in [5.41, 5.74) is 0. The molecule has 0 spiro atoms. The molecule has 0 radical (unpaired) electrons. The Hall–Kier alpha value is -1.21. The number of carbonyl (C=O) groups excluding carboxylic acids is 1. The number of likely N-dealkylation sites (tertiary alicyclic amines) is 1. The van der Waals surface area contributed by atoms with Gasteiger partial charge in [0, 0.05) is 0 Å². The third kappa shape index (κ3) is 1.23. The first kappa shape index (κ1) is 10.7. The first-order valence-electron chi connectivity index (χ1n) is 6.07. The SMILES string of the molecule is CCOC(=O)N1CC2OC3C1C2Sc1cncn13. The number of hydrogen-bond donors (Lipinski definition) is 0. The average Bonchev–Trinajstić information content (AvgIpc) is 3.03. The largest absolute Gasteiger partial charge is 0.450 e. The van der Waals surface area contributed by atoms with Crippen LogP contribution in [0.25, 0.3) is 0 Å². The molecule has 18 heavy (non-hydrogen) atoms. The van der Waals surface area contributed by atoms with E-state index in [9.17, 15) is 4.79 Å². The predicted octanol–water partition coefficient (Wildman–Crippen LogP) is 1.10. The fraction of sp³-hybridized carbons (Fsp3) is 0.636. The lowest BCUT2D eigenvalue weighted by atomic mass is 10.2. The van der Waals surface area contributed by atoms with Crippen molar-refractivity contribution in [2.75, 3.05) is 13.2 Å². The molecule has 2 fully saturated rings. The number of rotatable bonds is 1. The molecule has 96 valence electrons. The van der Waals surface area contributed by atoms with Gasteiger partial charge >= 0.3 is 6.09 Å². The maximum atomic E-state index is 11.9. The van der Waals surface area contributed by atoms with Crippen molar-refractivity contribution in [3.63, 3.8) is 0 Å². The van der Waals surface area contributed by atoms with Crippen LogP contribution < -0.4 is 0 Å². The Bertz CT molecular complexity index is 505. The Morgan fingerprint density at radius 2 is 2.61 bits per heavy atom. The predicted molar refractivity (Wildman–Crippen MR) is 63.3 cm³/mol. The van der Waals surface area contributed by atoms with Crippen molar-refractivity contribution in [3.05, 3.63) is 12.5 Å². The van der Waals surface area contributed by atoms with Gasteiger partial charge in [-0.15, -0.1) is 0 Å². The van der Waals surface area contributed by atoms with E-state index in [4.69, 9.17) is 9.47 Å². The van der Waals surface area contributed by atoms with Crippen LogP contribution in [-0.2, 0) is 9.47 Å². The number of aromatic nitrogens is 2. The van der Waals surface area contributed by atoms with Crippen LogP contribution >= 0.6 is 11.8 Å². The van der Waals surface area contributed by atoms with Gasteiger partial charge in [-0.25, -0.2) is 9.78 Å². The third-order valence-electron chi connectivity index (χ3n) is 3.71. The highest BCUT2D eigenvalue weighted by atomic mass is 32.2. The van der Waals surface area contributed by atoms with Crippen molar-refractivity contribution in [3.8, 4) is 0 Å². The quantitative estimate of drug-likeness (QED) is 0.762. The molecular weight excluding hydrogens is 254 g/mol. The molecule has 0 N–H and O–H groups in total. The van der Waals surface area contributed by atoms with Crippen LogP contribution in [0.5, 0.6) is 0 Å². The van der Waals surface area contributed by atoms with Crippen LogP contribution in [0, 0.1) is 0 Å². The molecule has 4 unspecified atom stereocenters. The summed E-state index contributed by atoms with van der Waals surface area (Å²) in [7, 11) is 0. The van der Waals surface area contributed by atoms with Crippen LogP contribution in [-0.4, -0.2) is 51.1 Å². The maximum absolute atomic E-state index is 11.9. The molecule has 6 nitrogen and oxygen atoms in total. The summed E-state index contributed by atoms with van der Waals surface area (Å²) >= 11 is 1.75. The van der Waals surface area contributed by atoms with Gasteiger partial charge in [-0.05, 0) is 6.92 Å². The number of carbonyl (C=O) groups is 1. The Kier molecular flexibility index (Phi) is 2.16. The minimum Gasteiger partial charge on any atom is -0.450 e. The van der Waals surface area contributed by atoms with Crippen LogP contribution in [0.3, 0.4) is 0 Å². The standard InChI is InChI=1S/C11H13N3O3S/c1-2-16-11(15)13-4-6-9-8(13)10(17-6)14-5-12-3-7(14)18-9/h3,5-6,8-10H,2,4H2,1H3. The van der Waals surface area contributed by atoms with Gasteiger partial charge in [0.25, 0.3) is 0 Å². The van der Waals surface area contributed by atoms with E-state index in [1.54, 1.807) is 18.1 Å². The number of morpholine rings is 1. The van der Waals surface area contributed by atoms with Gasteiger partial charge in [0.2, 0.25) is 0 Å². The molecule has 1 amide bonds. The number of ether oxygens (including phenoxy) is 2.